The van der Waals surface area contributed by atoms with Gasteiger partial charge in [0.05, 0.1) is 6.61 Å². The maximum Gasteiger partial charge on any atom is 0.235 e. The first-order chi connectivity index (χ1) is 5.38. The van der Waals surface area contributed by atoms with Crippen LogP contribution in [0.3, 0.4) is 0 Å². The van der Waals surface area contributed by atoms with Gasteiger partial charge in [-0.15, -0.1) is 5.11 Å². The minimum absolute atomic E-state index is 0.481. The van der Waals surface area contributed by atoms with Crippen molar-refractivity contribution in [1.29, 1.82) is 5.53 Å². The van der Waals surface area contributed by atoms with E-state index in [1.54, 1.807) is 0 Å². The maximum atomic E-state index is 6.81. The van der Waals surface area contributed by atoms with Crippen LogP contribution in [0.15, 0.2) is 28.7 Å². The minimum atomic E-state index is 0.481. The van der Waals surface area contributed by atoms with E-state index in [4.69, 9.17) is 10.3 Å². The monoisotopic (exact) mass is 152 g/mol. The molecule has 11 heavy (non-hydrogen) atoms. The number of nitrogens with one attached hydrogen (secondary N) is 1. The van der Waals surface area contributed by atoms with Gasteiger partial charge in [-0.3, -0.25) is 0 Å². The summed E-state index contributed by atoms with van der Waals surface area (Å²) in [5, 5.41) is 3.30. The highest BCUT2D eigenvalue weighted by Crippen LogP contribution is 2.20. The van der Waals surface area contributed by atoms with Crippen LogP contribution < -0.4 is 0 Å². The van der Waals surface area contributed by atoms with Gasteiger partial charge >= 0.3 is 0 Å². The van der Waals surface area contributed by atoms with E-state index in [2.05, 4.69) is 5.11 Å². The highest BCUT2D eigenvalue weighted by molar-refractivity contribution is 5.22. The molecular weight excluding hydrogens is 140 g/mol. The molecule has 0 aliphatic carbocycles. The van der Waals surface area contributed by atoms with Crippen molar-refractivity contribution < 1.29 is 4.74 Å². The Bertz CT molecular complexity index is 206. The van der Waals surface area contributed by atoms with Gasteiger partial charge in [0.2, 0.25) is 5.88 Å². The molecule has 0 amide bonds. The lowest BCUT2D eigenvalue weighted by atomic mass is 10.1. The van der Waals surface area contributed by atoms with Crippen LogP contribution >= 0.6 is 0 Å². The normalized spacial score (nSPS) is 18.6. The second kappa shape index (κ2) is 3.91. The largest absolute Gasteiger partial charge is 0.476 e. The fraction of sp³-hybridized carbons (Fsp3) is 0.500. The molecule has 0 unspecified atom stereocenters. The van der Waals surface area contributed by atoms with E-state index in [1.807, 2.05) is 19.1 Å². The molecule has 1 heterocycles. The summed E-state index contributed by atoms with van der Waals surface area (Å²) in [7, 11) is 0. The molecule has 1 N–H and O–H groups in total. The molecule has 0 aromatic rings. The molecular formula is C8H12N2O. The van der Waals surface area contributed by atoms with Crippen LogP contribution in [0.4, 0.5) is 0 Å². The first-order valence-corrected chi connectivity index (χ1v) is 3.74. The third-order valence-electron chi connectivity index (χ3n) is 1.57. The fourth-order valence-electron chi connectivity index (χ4n) is 1.09. The van der Waals surface area contributed by atoms with Crippen LogP contribution in [0, 0.1) is 5.53 Å². The van der Waals surface area contributed by atoms with Gasteiger partial charge in [-0.25, -0.2) is 5.53 Å². The molecule has 0 atom stereocenters. The summed E-state index contributed by atoms with van der Waals surface area (Å²) in [4.78, 5) is 0. The van der Waals surface area contributed by atoms with Crippen molar-refractivity contribution in [2.24, 2.45) is 5.11 Å². The average Bonchev–Trinajstić information content (AvgIpc) is 2.06. The summed E-state index contributed by atoms with van der Waals surface area (Å²) >= 11 is 0. The molecule has 0 bridgehead atoms. The standard InChI is InChI=1S/C8H12N2O/c1-2-4-7-5-3-6-11-8(7)10-9/h2,4,9H,3,5-6H2,1H3/b4-2-,10-9?. The van der Waals surface area contributed by atoms with Gasteiger partial charge in [-0.1, -0.05) is 12.2 Å². The lowest BCUT2D eigenvalue weighted by molar-refractivity contribution is 0.183. The number of rotatable bonds is 2. The highest BCUT2D eigenvalue weighted by Gasteiger charge is 2.09. The SMILES string of the molecule is C/C=C\C1=C(N=N)OCCC1. The Kier molecular flexibility index (Phi) is 2.83. The zero-order chi connectivity index (χ0) is 8.10. The zero-order valence-electron chi connectivity index (χ0n) is 6.63. The van der Waals surface area contributed by atoms with E-state index in [0.29, 0.717) is 12.5 Å². The molecule has 3 heteroatoms. The quantitative estimate of drug-likeness (QED) is 0.607. The van der Waals surface area contributed by atoms with E-state index in [-0.39, 0.29) is 0 Å². The maximum absolute atomic E-state index is 6.81. The molecule has 0 aromatic carbocycles. The number of allylic oxidation sites excluding steroid dienone is 3. The molecule has 3 nitrogen and oxygen atoms in total. The Morgan fingerprint density at radius 2 is 2.45 bits per heavy atom. The van der Waals surface area contributed by atoms with Crippen LogP contribution in [-0.2, 0) is 4.74 Å². The average molecular weight is 152 g/mol. The van der Waals surface area contributed by atoms with Crippen molar-refractivity contribution >= 4 is 0 Å². The zero-order valence-corrected chi connectivity index (χ0v) is 6.63. The molecule has 1 aliphatic heterocycles. The van der Waals surface area contributed by atoms with E-state index >= 15 is 0 Å². The molecule has 0 radical (unpaired) electrons. The van der Waals surface area contributed by atoms with Crippen molar-refractivity contribution in [2.75, 3.05) is 6.61 Å². The summed E-state index contributed by atoms with van der Waals surface area (Å²) in [6.07, 6.45) is 5.89. The second-order valence-electron chi connectivity index (χ2n) is 2.39. The fourth-order valence-corrected chi connectivity index (χ4v) is 1.09. The lowest BCUT2D eigenvalue weighted by Crippen LogP contribution is -2.03. The van der Waals surface area contributed by atoms with E-state index in [9.17, 15) is 0 Å². The van der Waals surface area contributed by atoms with Crippen molar-refractivity contribution in [3.63, 3.8) is 0 Å². The molecule has 1 aliphatic rings. The van der Waals surface area contributed by atoms with Crippen molar-refractivity contribution in [1.82, 2.24) is 0 Å². The molecule has 0 fully saturated rings. The predicted octanol–water partition coefficient (Wildman–Crippen LogP) is 2.62. The van der Waals surface area contributed by atoms with Gasteiger partial charge in [0.25, 0.3) is 0 Å². The Morgan fingerprint density at radius 1 is 1.64 bits per heavy atom. The Hall–Kier alpha value is -1.12. The first-order valence-electron chi connectivity index (χ1n) is 3.74. The molecule has 1 rings (SSSR count). The van der Waals surface area contributed by atoms with Gasteiger partial charge in [0.15, 0.2) is 0 Å². The molecule has 0 spiro atoms. The number of ether oxygens (including phenoxy) is 1. The van der Waals surface area contributed by atoms with Crippen LogP contribution in [-0.4, -0.2) is 6.61 Å². The van der Waals surface area contributed by atoms with Gasteiger partial charge < -0.3 is 4.74 Å². The molecule has 60 valence electrons. The highest BCUT2D eigenvalue weighted by atomic mass is 16.5. The third kappa shape index (κ3) is 1.90. The van der Waals surface area contributed by atoms with Crippen molar-refractivity contribution in [3.05, 3.63) is 23.6 Å². The van der Waals surface area contributed by atoms with Gasteiger partial charge in [-0.05, 0) is 19.8 Å². The van der Waals surface area contributed by atoms with Gasteiger partial charge in [0, 0.05) is 5.57 Å². The summed E-state index contributed by atoms with van der Waals surface area (Å²) in [6, 6.07) is 0. The van der Waals surface area contributed by atoms with Crippen LogP contribution in [0.1, 0.15) is 19.8 Å². The molecule has 0 saturated carbocycles. The molecule has 0 saturated heterocycles. The Morgan fingerprint density at radius 3 is 3.09 bits per heavy atom. The summed E-state index contributed by atoms with van der Waals surface area (Å²) < 4.78 is 5.17. The predicted molar refractivity (Wildman–Crippen MR) is 42.2 cm³/mol. The Balaban J connectivity index is 2.81. The minimum Gasteiger partial charge on any atom is -0.476 e. The van der Waals surface area contributed by atoms with E-state index in [0.717, 1.165) is 18.4 Å². The molecule has 0 aromatic heterocycles. The summed E-state index contributed by atoms with van der Waals surface area (Å²) in [5.41, 5.74) is 7.85. The smallest absolute Gasteiger partial charge is 0.235 e. The van der Waals surface area contributed by atoms with Gasteiger partial charge in [0.1, 0.15) is 0 Å². The summed E-state index contributed by atoms with van der Waals surface area (Å²) in [5.74, 6) is 0.481. The van der Waals surface area contributed by atoms with Crippen molar-refractivity contribution in [2.45, 2.75) is 19.8 Å². The Labute approximate surface area is 66.3 Å². The number of hydrogen-bond donors (Lipinski definition) is 1. The second-order valence-corrected chi connectivity index (χ2v) is 2.39. The van der Waals surface area contributed by atoms with E-state index < -0.39 is 0 Å². The topological polar surface area (TPSA) is 45.4 Å². The van der Waals surface area contributed by atoms with Crippen molar-refractivity contribution in [3.8, 4) is 0 Å². The lowest BCUT2D eigenvalue weighted by Gasteiger charge is -2.14. The van der Waals surface area contributed by atoms with Gasteiger partial charge in [-0.2, -0.15) is 0 Å². The first kappa shape index (κ1) is 7.98. The third-order valence-corrected chi connectivity index (χ3v) is 1.57. The summed E-state index contributed by atoms with van der Waals surface area (Å²) in [6.45, 7) is 2.64. The van der Waals surface area contributed by atoms with Crippen LogP contribution in [0.25, 0.3) is 0 Å². The number of hydrogen-bond acceptors (Lipinski definition) is 3. The van der Waals surface area contributed by atoms with Crippen LogP contribution in [0.2, 0.25) is 0 Å². The van der Waals surface area contributed by atoms with Crippen LogP contribution in [0.5, 0.6) is 0 Å². The van der Waals surface area contributed by atoms with E-state index in [1.165, 1.54) is 0 Å². The number of nitrogens with zero attached hydrogens (tertiary/aromatic N) is 1.